The molecule has 0 heterocycles. The molecular formula is C11H11BrO3. The number of ketones is 1. The molecule has 0 amide bonds. The molecule has 0 spiro atoms. The average molecular weight is 271 g/mol. The second-order valence-corrected chi connectivity index (χ2v) is 3.47. The number of ether oxygens (including phenoxy) is 1. The number of halogens is 1. The molecule has 0 bridgehead atoms. The van der Waals surface area contributed by atoms with Crippen LogP contribution in [0.5, 0.6) is 5.75 Å². The van der Waals surface area contributed by atoms with Gasteiger partial charge < -0.3 is 4.74 Å². The maximum atomic E-state index is 11.4. The molecule has 0 radical (unpaired) electrons. The molecule has 3 nitrogen and oxygen atoms in total. The quantitative estimate of drug-likeness (QED) is 0.366. The van der Waals surface area contributed by atoms with Crippen molar-refractivity contribution in [1.29, 1.82) is 0 Å². The van der Waals surface area contributed by atoms with Crippen LogP contribution in [0, 0.1) is 0 Å². The lowest BCUT2D eigenvalue weighted by Gasteiger charge is -2.03. The van der Waals surface area contributed by atoms with Crippen molar-refractivity contribution in [3.63, 3.8) is 0 Å². The molecule has 15 heavy (non-hydrogen) atoms. The van der Waals surface area contributed by atoms with Crippen LogP contribution in [-0.2, 0) is 4.79 Å². The third-order valence-electron chi connectivity index (χ3n) is 1.82. The zero-order valence-electron chi connectivity index (χ0n) is 8.33. The van der Waals surface area contributed by atoms with Crippen LogP contribution in [0.2, 0.25) is 0 Å². The number of alkyl halides is 1. The van der Waals surface area contributed by atoms with E-state index in [0.29, 0.717) is 17.7 Å². The summed E-state index contributed by atoms with van der Waals surface area (Å²) in [5.41, 5.74) is 0.567. The largest absolute Gasteiger partial charge is 0.426 e. The van der Waals surface area contributed by atoms with E-state index >= 15 is 0 Å². The first-order valence-corrected chi connectivity index (χ1v) is 5.69. The average Bonchev–Trinajstić information content (AvgIpc) is 2.28. The fourth-order valence-electron chi connectivity index (χ4n) is 1.10. The molecule has 0 aliphatic heterocycles. The summed E-state index contributed by atoms with van der Waals surface area (Å²) < 4.78 is 4.96. The Hall–Kier alpha value is -1.16. The third-order valence-corrected chi connectivity index (χ3v) is 2.28. The molecule has 1 rings (SSSR count). The number of rotatable bonds is 4. The number of carbonyl (C=O) groups is 2. The Labute approximate surface area is 96.6 Å². The number of benzene rings is 1. The zero-order valence-corrected chi connectivity index (χ0v) is 9.91. The first kappa shape index (κ1) is 11.9. The van der Waals surface area contributed by atoms with Crippen molar-refractivity contribution in [3.8, 4) is 5.75 Å². The lowest BCUT2D eigenvalue weighted by atomic mass is 10.1. The van der Waals surface area contributed by atoms with Crippen molar-refractivity contribution < 1.29 is 14.3 Å². The summed E-state index contributed by atoms with van der Waals surface area (Å²) in [6, 6.07) is 6.62. The van der Waals surface area contributed by atoms with Gasteiger partial charge in [0.05, 0.1) is 0 Å². The second-order valence-electron chi connectivity index (χ2n) is 2.91. The summed E-state index contributed by atoms with van der Waals surface area (Å²) in [5, 5.41) is 0.138. The summed E-state index contributed by atoms with van der Waals surface area (Å²) in [6.07, 6.45) is 0.440. The Morgan fingerprint density at radius 3 is 2.73 bits per heavy atom. The van der Waals surface area contributed by atoms with Crippen LogP contribution in [0.4, 0.5) is 0 Å². The third kappa shape index (κ3) is 3.47. The summed E-state index contributed by atoms with van der Waals surface area (Å²) >= 11 is 2.99. The van der Waals surface area contributed by atoms with Crippen LogP contribution in [-0.4, -0.2) is 17.1 Å². The molecule has 1 aromatic carbocycles. The summed E-state index contributed by atoms with van der Waals surface area (Å²) in [4.78, 5) is 22.3. The first-order valence-electron chi connectivity index (χ1n) is 4.57. The van der Waals surface area contributed by atoms with Crippen LogP contribution < -0.4 is 4.74 Å². The normalized spacial score (nSPS) is 9.73. The summed E-state index contributed by atoms with van der Waals surface area (Å²) in [6.45, 7) is 1.79. The predicted molar refractivity (Wildman–Crippen MR) is 60.5 cm³/mol. The molecule has 0 unspecified atom stereocenters. The van der Waals surface area contributed by atoms with E-state index in [1.807, 2.05) is 0 Å². The van der Waals surface area contributed by atoms with E-state index in [1.54, 1.807) is 31.2 Å². The molecule has 0 saturated carbocycles. The van der Waals surface area contributed by atoms with E-state index in [1.165, 1.54) is 0 Å². The van der Waals surface area contributed by atoms with Crippen molar-refractivity contribution in [2.24, 2.45) is 0 Å². The lowest BCUT2D eigenvalue weighted by Crippen LogP contribution is -2.09. The molecule has 80 valence electrons. The number of Topliss-reactive ketones (excluding diaryl/α,β-unsaturated/α-hetero) is 1. The van der Waals surface area contributed by atoms with Gasteiger partial charge in [0.2, 0.25) is 0 Å². The Bertz CT molecular complexity index is 374. The van der Waals surface area contributed by atoms with E-state index < -0.39 is 0 Å². The molecule has 0 aromatic heterocycles. The summed E-state index contributed by atoms with van der Waals surface area (Å²) in [7, 11) is 0. The fraction of sp³-hybridized carbons (Fsp3) is 0.273. The molecular weight excluding hydrogens is 260 g/mol. The number of hydrogen-bond acceptors (Lipinski definition) is 3. The van der Waals surface area contributed by atoms with Crippen molar-refractivity contribution >= 4 is 27.7 Å². The van der Waals surface area contributed by atoms with Gasteiger partial charge in [-0.1, -0.05) is 35.0 Å². The van der Waals surface area contributed by atoms with Gasteiger partial charge in [-0.05, 0) is 12.1 Å². The maximum absolute atomic E-state index is 11.4. The van der Waals surface area contributed by atoms with Gasteiger partial charge in [-0.25, -0.2) is 0 Å². The van der Waals surface area contributed by atoms with Crippen LogP contribution in [0.25, 0.3) is 0 Å². The molecule has 4 heteroatoms. The Kier molecular flexibility index (Phi) is 4.49. The highest BCUT2D eigenvalue weighted by Crippen LogP contribution is 2.15. The van der Waals surface area contributed by atoms with Crippen LogP contribution >= 0.6 is 15.9 Å². The monoisotopic (exact) mass is 270 g/mol. The molecule has 1 aromatic rings. The Balaban J connectivity index is 2.83. The molecule has 0 saturated heterocycles. The van der Waals surface area contributed by atoms with Gasteiger partial charge in [0, 0.05) is 12.0 Å². The highest BCUT2D eigenvalue weighted by molar-refractivity contribution is 9.09. The van der Waals surface area contributed by atoms with E-state index in [4.69, 9.17) is 4.74 Å². The van der Waals surface area contributed by atoms with Crippen molar-refractivity contribution in [2.75, 3.05) is 5.33 Å². The fourth-order valence-corrected chi connectivity index (χ4v) is 1.21. The second kappa shape index (κ2) is 5.66. The van der Waals surface area contributed by atoms with Gasteiger partial charge >= 0.3 is 5.97 Å². The maximum Gasteiger partial charge on any atom is 0.321 e. The van der Waals surface area contributed by atoms with E-state index in [9.17, 15) is 9.59 Å². The molecule has 0 aliphatic rings. The van der Waals surface area contributed by atoms with Crippen LogP contribution in [0.1, 0.15) is 23.7 Å². The number of carbonyl (C=O) groups excluding carboxylic acids is 2. The SMILES string of the molecule is CCC(=O)c1cccc(OC(=O)CBr)c1. The van der Waals surface area contributed by atoms with Gasteiger partial charge in [0.25, 0.3) is 0 Å². The molecule has 0 atom stereocenters. The van der Waals surface area contributed by atoms with E-state index in [2.05, 4.69) is 15.9 Å². The van der Waals surface area contributed by atoms with Gasteiger partial charge in [-0.15, -0.1) is 0 Å². The predicted octanol–water partition coefficient (Wildman–Crippen LogP) is 2.58. The van der Waals surface area contributed by atoms with Gasteiger partial charge in [0.1, 0.15) is 11.1 Å². The zero-order chi connectivity index (χ0) is 11.3. The minimum atomic E-state index is -0.379. The van der Waals surface area contributed by atoms with Crippen molar-refractivity contribution in [1.82, 2.24) is 0 Å². The van der Waals surface area contributed by atoms with E-state index in [0.717, 1.165) is 0 Å². The van der Waals surface area contributed by atoms with Gasteiger partial charge in [-0.2, -0.15) is 0 Å². The minimum absolute atomic E-state index is 0.0340. The highest BCUT2D eigenvalue weighted by Gasteiger charge is 2.06. The van der Waals surface area contributed by atoms with Crippen molar-refractivity contribution in [3.05, 3.63) is 29.8 Å². The molecule has 0 fully saturated rings. The highest BCUT2D eigenvalue weighted by atomic mass is 79.9. The molecule has 0 N–H and O–H groups in total. The Morgan fingerprint density at radius 2 is 2.13 bits per heavy atom. The van der Waals surface area contributed by atoms with Crippen LogP contribution in [0.15, 0.2) is 24.3 Å². The molecule has 0 aliphatic carbocycles. The van der Waals surface area contributed by atoms with Gasteiger partial charge in [0.15, 0.2) is 5.78 Å². The van der Waals surface area contributed by atoms with Gasteiger partial charge in [-0.3, -0.25) is 9.59 Å². The van der Waals surface area contributed by atoms with Crippen LogP contribution in [0.3, 0.4) is 0 Å². The standard InChI is InChI=1S/C11H11BrO3/c1-2-10(13)8-4-3-5-9(6-8)15-11(14)7-12/h3-6H,2,7H2,1H3. The van der Waals surface area contributed by atoms with Crippen molar-refractivity contribution in [2.45, 2.75) is 13.3 Å². The topological polar surface area (TPSA) is 43.4 Å². The Morgan fingerprint density at radius 1 is 1.40 bits per heavy atom. The van der Waals surface area contributed by atoms with E-state index in [-0.39, 0.29) is 17.1 Å². The summed E-state index contributed by atoms with van der Waals surface area (Å²) in [5.74, 6) is 0.0570. The lowest BCUT2D eigenvalue weighted by molar-refractivity contribution is -0.131. The minimum Gasteiger partial charge on any atom is -0.426 e. The number of hydrogen-bond donors (Lipinski definition) is 0. The smallest absolute Gasteiger partial charge is 0.321 e. The number of esters is 1. The first-order chi connectivity index (χ1) is 7.17.